The highest BCUT2D eigenvalue weighted by molar-refractivity contribution is 6.22. The Labute approximate surface area is 122 Å². The third-order valence-electron chi connectivity index (χ3n) is 3.66. The Bertz CT molecular complexity index is 304. The second-order valence-corrected chi connectivity index (χ2v) is 5.61. The molecule has 0 radical (unpaired) electrons. The average Bonchev–Trinajstić information content (AvgIpc) is 2.44. The fourth-order valence-corrected chi connectivity index (χ4v) is 3.19. The third kappa shape index (κ3) is 4.48. The van der Waals surface area contributed by atoms with Gasteiger partial charge in [-0.3, -0.25) is 0 Å². The highest BCUT2D eigenvalue weighted by Gasteiger charge is 2.29. The van der Waals surface area contributed by atoms with Crippen LogP contribution in [-0.2, 0) is 5.41 Å². The molecule has 0 atom stereocenters. The zero-order valence-electron chi connectivity index (χ0n) is 11.3. The van der Waals surface area contributed by atoms with Crippen LogP contribution in [0, 0.1) is 0 Å². The molecule has 0 aromatic heterocycles. The van der Waals surface area contributed by atoms with Crippen molar-refractivity contribution >= 4 is 23.2 Å². The minimum atomic E-state index is -0.0451. The Morgan fingerprint density at radius 3 is 2.06 bits per heavy atom. The largest absolute Gasteiger partial charge is 0.126 e. The summed E-state index contributed by atoms with van der Waals surface area (Å²) in [6.07, 6.45) is 7.54. The van der Waals surface area contributed by atoms with Gasteiger partial charge >= 0.3 is 0 Å². The molecule has 0 aliphatic carbocycles. The van der Waals surface area contributed by atoms with E-state index in [1.54, 1.807) is 0 Å². The molecule has 1 rings (SSSR count). The predicted octanol–water partition coefficient (Wildman–Crippen LogP) is 5.76. The SMILES string of the molecule is CCCCCCCC(CCl)(CCl)c1ccccc1. The van der Waals surface area contributed by atoms with Crippen molar-refractivity contribution in [1.29, 1.82) is 0 Å². The van der Waals surface area contributed by atoms with Crippen LogP contribution in [0.3, 0.4) is 0 Å². The zero-order valence-corrected chi connectivity index (χ0v) is 12.8. The van der Waals surface area contributed by atoms with Crippen molar-refractivity contribution in [1.82, 2.24) is 0 Å². The summed E-state index contributed by atoms with van der Waals surface area (Å²) in [7, 11) is 0. The van der Waals surface area contributed by atoms with Crippen LogP contribution in [0.2, 0.25) is 0 Å². The van der Waals surface area contributed by atoms with Crippen LogP contribution < -0.4 is 0 Å². The van der Waals surface area contributed by atoms with Gasteiger partial charge in [-0.05, 0) is 12.0 Å². The Hall–Kier alpha value is -0.200. The van der Waals surface area contributed by atoms with Gasteiger partial charge in [-0.15, -0.1) is 23.2 Å². The standard InChI is InChI=1S/C16H24Cl2/c1-2-3-4-5-9-12-16(13-17,14-18)15-10-7-6-8-11-15/h6-8,10-11H,2-5,9,12-14H2,1H3. The van der Waals surface area contributed by atoms with Gasteiger partial charge in [0, 0.05) is 17.2 Å². The normalized spacial score (nSPS) is 11.7. The van der Waals surface area contributed by atoms with Gasteiger partial charge in [0.05, 0.1) is 0 Å². The van der Waals surface area contributed by atoms with Crippen LogP contribution in [0.25, 0.3) is 0 Å². The molecule has 0 amide bonds. The molecule has 0 N–H and O–H groups in total. The minimum Gasteiger partial charge on any atom is -0.126 e. The molecule has 0 aliphatic heterocycles. The van der Waals surface area contributed by atoms with E-state index in [0.717, 1.165) is 6.42 Å². The molecular weight excluding hydrogens is 263 g/mol. The molecule has 2 heteroatoms. The van der Waals surface area contributed by atoms with Gasteiger partial charge in [-0.25, -0.2) is 0 Å². The molecule has 0 spiro atoms. The van der Waals surface area contributed by atoms with E-state index in [0.29, 0.717) is 11.8 Å². The number of alkyl halides is 2. The molecule has 0 saturated carbocycles. The van der Waals surface area contributed by atoms with Crippen LogP contribution >= 0.6 is 23.2 Å². The quantitative estimate of drug-likeness (QED) is 0.400. The van der Waals surface area contributed by atoms with E-state index in [2.05, 4.69) is 31.2 Å². The number of unbranched alkanes of at least 4 members (excludes halogenated alkanes) is 4. The van der Waals surface area contributed by atoms with Crippen molar-refractivity contribution in [3.05, 3.63) is 35.9 Å². The van der Waals surface area contributed by atoms with E-state index >= 15 is 0 Å². The smallest absolute Gasteiger partial charge is 0.0332 e. The van der Waals surface area contributed by atoms with Crippen molar-refractivity contribution in [3.63, 3.8) is 0 Å². The lowest BCUT2D eigenvalue weighted by atomic mass is 9.79. The Morgan fingerprint density at radius 2 is 1.50 bits per heavy atom. The number of halogens is 2. The van der Waals surface area contributed by atoms with E-state index in [4.69, 9.17) is 23.2 Å². The van der Waals surface area contributed by atoms with E-state index in [9.17, 15) is 0 Å². The molecule has 0 fully saturated rings. The summed E-state index contributed by atoms with van der Waals surface area (Å²) < 4.78 is 0. The molecule has 18 heavy (non-hydrogen) atoms. The molecular formula is C16H24Cl2. The Morgan fingerprint density at radius 1 is 0.889 bits per heavy atom. The lowest BCUT2D eigenvalue weighted by Crippen LogP contribution is -2.30. The fourth-order valence-electron chi connectivity index (χ4n) is 2.33. The summed E-state index contributed by atoms with van der Waals surface area (Å²) in [5, 5.41) is 0. The minimum absolute atomic E-state index is 0.0451. The average molecular weight is 287 g/mol. The first-order valence-corrected chi connectivity index (χ1v) is 8.03. The summed E-state index contributed by atoms with van der Waals surface area (Å²) >= 11 is 12.4. The van der Waals surface area contributed by atoms with Crippen LogP contribution in [-0.4, -0.2) is 11.8 Å². The van der Waals surface area contributed by atoms with Crippen LogP contribution in [0.15, 0.2) is 30.3 Å². The van der Waals surface area contributed by atoms with Crippen LogP contribution in [0.5, 0.6) is 0 Å². The molecule has 0 saturated heterocycles. The molecule has 1 aromatic carbocycles. The number of hydrogen-bond acceptors (Lipinski definition) is 0. The monoisotopic (exact) mass is 286 g/mol. The van der Waals surface area contributed by atoms with Crippen molar-refractivity contribution in [2.75, 3.05) is 11.8 Å². The van der Waals surface area contributed by atoms with Crippen molar-refractivity contribution in [2.24, 2.45) is 0 Å². The van der Waals surface area contributed by atoms with Crippen molar-refractivity contribution < 1.29 is 0 Å². The van der Waals surface area contributed by atoms with Crippen molar-refractivity contribution in [2.45, 2.75) is 50.9 Å². The Balaban J connectivity index is 2.58. The molecule has 0 bridgehead atoms. The number of hydrogen-bond donors (Lipinski definition) is 0. The lowest BCUT2D eigenvalue weighted by molar-refractivity contribution is 0.454. The second-order valence-electron chi connectivity index (χ2n) is 5.08. The summed E-state index contributed by atoms with van der Waals surface area (Å²) in [4.78, 5) is 0. The summed E-state index contributed by atoms with van der Waals surface area (Å²) in [5.41, 5.74) is 1.24. The molecule has 102 valence electrons. The molecule has 0 nitrogen and oxygen atoms in total. The Kier molecular flexibility index (Phi) is 7.77. The maximum Gasteiger partial charge on any atom is 0.0332 e. The number of rotatable bonds is 9. The van der Waals surface area contributed by atoms with Gasteiger partial charge in [-0.2, -0.15) is 0 Å². The van der Waals surface area contributed by atoms with E-state index in [1.165, 1.54) is 37.7 Å². The molecule has 1 aromatic rings. The topological polar surface area (TPSA) is 0 Å². The molecule has 0 unspecified atom stereocenters. The van der Waals surface area contributed by atoms with Gasteiger partial charge in [0.2, 0.25) is 0 Å². The maximum absolute atomic E-state index is 6.21. The van der Waals surface area contributed by atoms with E-state index in [-0.39, 0.29) is 5.41 Å². The van der Waals surface area contributed by atoms with Crippen molar-refractivity contribution in [3.8, 4) is 0 Å². The zero-order chi connectivity index (χ0) is 13.3. The second kappa shape index (κ2) is 8.82. The van der Waals surface area contributed by atoms with E-state index in [1.807, 2.05) is 6.07 Å². The molecule has 0 heterocycles. The fraction of sp³-hybridized carbons (Fsp3) is 0.625. The van der Waals surface area contributed by atoms with Gasteiger partial charge in [0.15, 0.2) is 0 Å². The highest BCUT2D eigenvalue weighted by Crippen LogP contribution is 2.33. The highest BCUT2D eigenvalue weighted by atomic mass is 35.5. The predicted molar refractivity (Wildman–Crippen MR) is 82.9 cm³/mol. The number of benzene rings is 1. The van der Waals surface area contributed by atoms with Gasteiger partial charge in [-0.1, -0.05) is 69.4 Å². The van der Waals surface area contributed by atoms with Gasteiger partial charge in [0.25, 0.3) is 0 Å². The summed E-state index contributed by atoms with van der Waals surface area (Å²) in [6, 6.07) is 10.5. The van der Waals surface area contributed by atoms with Crippen LogP contribution in [0.4, 0.5) is 0 Å². The summed E-state index contributed by atoms with van der Waals surface area (Å²) in [5.74, 6) is 1.21. The lowest BCUT2D eigenvalue weighted by Gasteiger charge is -2.30. The van der Waals surface area contributed by atoms with Gasteiger partial charge < -0.3 is 0 Å². The molecule has 0 aliphatic rings. The summed E-state index contributed by atoms with van der Waals surface area (Å²) in [6.45, 7) is 2.24. The first-order valence-electron chi connectivity index (χ1n) is 6.96. The van der Waals surface area contributed by atoms with E-state index < -0.39 is 0 Å². The third-order valence-corrected chi connectivity index (χ3v) is 4.68. The van der Waals surface area contributed by atoms with Gasteiger partial charge in [0.1, 0.15) is 0 Å². The maximum atomic E-state index is 6.21. The van der Waals surface area contributed by atoms with Crippen LogP contribution in [0.1, 0.15) is 51.0 Å². The first kappa shape index (κ1) is 15.9. The first-order chi connectivity index (χ1) is 8.79.